The predicted octanol–water partition coefficient (Wildman–Crippen LogP) is 3.09. The molecule has 3 nitrogen and oxygen atoms in total. The van der Waals surface area contributed by atoms with Gasteiger partial charge in [0.15, 0.2) is 0 Å². The molecule has 3 atom stereocenters. The summed E-state index contributed by atoms with van der Waals surface area (Å²) < 4.78 is 0. The first-order valence-electron chi connectivity index (χ1n) is 7.63. The molecule has 0 heterocycles. The summed E-state index contributed by atoms with van der Waals surface area (Å²) in [6.07, 6.45) is 0.966. The van der Waals surface area contributed by atoms with Crippen molar-refractivity contribution in [2.45, 2.75) is 25.3 Å². The van der Waals surface area contributed by atoms with Gasteiger partial charge in [-0.3, -0.25) is 4.79 Å². The number of hydrogen-bond acceptors (Lipinski definition) is 2. The SMILES string of the molecule is CNC(C)CNC(=O)C1CC1c1cccc2ccccc12.Cl. The quantitative estimate of drug-likeness (QED) is 0.889. The summed E-state index contributed by atoms with van der Waals surface area (Å²) >= 11 is 0. The second-order valence-electron chi connectivity index (χ2n) is 5.95. The number of amides is 1. The number of benzene rings is 2. The highest BCUT2D eigenvalue weighted by atomic mass is 35.5. The smallest absolute Gasteiger partial charge is 0.223 e. The molecule has 22 heavy (non-hydrogen) atoms. The first-order chi connectivity index (χ1) is 10.2. The Hall–Kier alpha value is -1.58. The van der Waals surface area contributed by atoms with E-state index in [0.717, 1.165) is 6.42 Å². The largest absolute Gasteiger partial charge is 0.354 e. The average molecular weight is 319 g/mol. The highest BCUT2D eigenvalue weighted by Gasteiger charge is 2.44. The van der Waals surface area contributed by atoms with E-state index in [1.807, 2.05) is 7.05 Å². The number of nitrogens with one attached hydrogen (secondary N) is 2. The molecule has 0 aromatic heterocycles. The minimum absolute atomic E-state index is 0. The van der Waals surface area contributed by atoms with Gasteiger partial charge in [0.1, 0.15) is 0 Å². The first-order valence-corrected chi connectivity index (χ1v) is 7.63. The maximum absolute atomic E-state index is 12.2. The van der Waals surface area contributed by atoms with Crippen molar-refractivity contribution in [2.24, 2.45) is 5.92 Å². The molecule has 1 amide bonds. The Morgan fingerprint density at radius 1 is 1.23 bits per heavy atom. The number of likely N-dealkylation sites (N-methyl/N-ethyl adjacent to an activating group) is 1. The minimum atomic E-state index is 0. The number of carbonyl (C=O) groups is 1. The van der Waals surface area contributed by atoms with Crippen LogP contribution in [-0.4, -0.2) is 25.5 Å². The van der Waals surface area contributed by atoms with Crippen molar-refractivity contribution in [1.82, 2.24) is 10.6 Å². The van der Waals surface area contributed by atoms with Crippen LogP contribution in [0.25, 0.3) is 10.8 Å². The molecule has 2 N–H and O–H groups in total. The zero-order valence-electron chi connectivity index (χ0n) is 13.0. The second-order valence-corrected chi connectivity index (χ2v) is 5.95. The van der Waals surface area contributed by atoms with Crippen molar-refractivity contribution >= 4 is 29.1 Å². The first kappa shape index (κ1) is 16.8. The summed E-state index contributed by atoms with van der Waals surface area (Å²) in [7, 11) is 1.91. The van der Waals surface area contributed by atoms with Gasteiger partial charge in [-0.1, -0.05) is 42.5 Å². The van der Waals surface area contributed by atoms with Gasteiger partial charge in [0, 0.05) is 18.5 Å². The molecule has 1 fully saturated rings. The van der Waals surface area contributed by atoms with Crippen LogP contribution in [0.15, 0.2) is 42.5 Å². The summed E-state index contributed by atoms with van der Waals surface area (Å²) in [5, 5.41) is 8.71. The van der Waals surface area contributed by atoms with Gasteiger partial charge in [0.05, 0.1) is 0 Å². The van der Waals surface area contributed by atoms with Gasteiger partial charge in [0.25, 0.3) is 0 Å². The molecular weight excluding hydrogens is 296 g/mol. The fourth-order valence-corrected chi connectivity index (χ4v) is 2.89. The highest BCUT2D eigenvalue weighted by molar-refractivity contribution is 5.89. The summed E-state index contributed by atoms with van der Waals surface area (Å²) in [6.45, 7) is 2.75. The van der Waals surface area contributed by atoms with E-state index in [1.165, 1.54) is 16.3 Å². The number of hydrogen-bond donors (Lipinski definition) is 2. The van der Waals surface area contributed by atoms with E-state index >= 15 is 0 Å². The minimum Gasteiger partial charge on any atom is -0.354 e. The molecule has 3 rings (SSSR count). The summed E-state index contributed by atoms with van der Waals surface area (Å²) in [5.41, 5.74) is 1.31. The maximum atomic E-state index is 12.2. The molecule has 0 bridgehead atoms. The molecule has 0 radical (unpaired) electrons. The molecule has 1 aliphatic rings. The molecule has 0 aliphatic heterocycles. The van der Waals surface area contributed by atoms with Gasteiger partial charge in [-0.05, 0) is 42.6 Å². The summed E-state index contributed by atoms with van der Waals surface area (Å²) in [5.74, 6) is 0.705. The van der Waals surface area contributed by atoms with Gasteiger partial charge < -0.3 is 10.6 Å². The zero-order chi connectivity index (χ0) is 14.8. The van der Waals surface area contributed by atoms with Crippen LogP contribution in [0.1, 0.15) is 24.8 Å². The predicted molar refractivity (Wildman–Crippen MR) is 93.6 cm³/mol. The maximum Gasteiger partial charge on any atom is 0.223 e. The van der Waals surface area contributed by atoms with E-state index in [1.54, 1.807) is 0 Å². The number of halogens is 1. The van der Waals surface area contributed by atoms with Gasteiger partial charge >= 0.3 is 0 Å². The lowest BCUT2D eigenvalue weighted by molar-refractivity contribution is -0.122. The molecule has 0 spiro atoms. The zero-order valence-corrected chi connectivity index (χ0v) is 13.8. The van der Waals surface area contributed by atoms with Crippen molar-refractivity contribution in [3.63, 3.8) is 0 Å². The fourth-order valence-electron chi connectivity index (χ4n) is 2.89. The Morgan fingerprint density at radius 3 is 2.73 bits per heavy atom. The Bertz CT molecular complexity index is 653. The Balaban J connectivity index is 0.00000176. The lowest BCUT2D eigenvalue weighted by atomic mass is 10.00. The van der Waals surface area contributed by atoms with E-state index in [9.17, 15) is 4.79 Å². The third-order valence-electron chi connectivity index (χ3n) is 4.43. The van der Waals surface area contributed by atoms with Gasteiger partial charge in [-0.2, -0.15) is 0 Å². The van der Waals surface area contributed by atoms with Gasteiger partial charge in [-0.25, -0.2) is 0 Å². The molecule has 0 saturated heterocycles. The monoisotopic (exact) mass is 318 g/mol. The Kier molecular flexibility index (Phi) is 5.43. The van der Waals surface area contributed by atoms with Crippen LogP contribution in [0.5, 0.6) is 0 Å². The topological polar surface area (TPSA) is 41.1 Å². The number of rotatable bonds is 5. The lowest BCUT2D eigenvalue weighted by Gasteiger charge is -2.11. The molecule has 4 heteroatoms. The van der Waals surface area contributed by atoms with E-state index in [0.29, 0.717) is 18.5 Å². The highest BCUT2D eigenvalue weighted by Crippen LogP contribution is 2.49. The van der Waals surface area contributed by atoms with Crippen LogP contribution >= 0.6 is 12.4 Å². The van der Waals surface area contributed by atoms with Crippen LogP contribution in [0.4, 0.5) is 0 Å². The normalized spacial score (nSPS) is 21.0. The van der Waals surface area contributed by atoms with Crippen molar-refractivity contribution in [3.8, 4) is 0 Å². The molecule has 118 valence electrons. The van der Waals surface area contributed by atoms with Gasteiger partial charge in [0.2, 0.25) is 5.91 Å². The molecule has 2 aromatic carbocycles. The second kappa shape index (κ2) is 7.12. The van der Waals surface area contributed by atoms with Crippen molar-refractivity contribution in [2.75, 3.05) is 13.6 Å². The number of fused-ring (bicyclic) bond motifs is 1. The van der Waals surface area contributed by atoms with Crippen LogP contribution in [0.2, 0.25) is 0 Å². The van der Waals surface area contributed by atoms with E-state index in [-0.39, 0.29) is 24.2 Å². The van der Waals surface area contributed by atoms with Crippen molar-refractivity contribution in [1.29, 1.82) is 0 Å². The van der Waals surface area contributed by atoms with E-state index in [4.69, 9.17) is 0 Å². The van der Waals surface area contributed by atoms with Crippen molar-refractivity contribution < 1.29 is 4.79 Å². The molecule has 3 unspecified atom stereocenters. The summed E-state index contributed by atoms with van der Waals surface area (Å²) in [4.78, 5) is 12.2. The van der Waals surface area contributed by atoms with Crippen LogP contribution < -0.4 is 10.6 Å². The van der Waals surface area contributed by atoms with Gasteiger partial charge in [-0.15, -0.1) is 12.4 Å². The average Bonchev–Trinajstić information content (AvgIpc) is 3.32. The van der Waals surface area contributed by atoms with Crippen LogP contribution in [0, 0.1) is 5.92 Å². The molecular formula is C18H23ClN2O. The Morgan fingerprint density at radius 2 is 1.95 bits per heavy atom. The summed E-state index contributed by atoms with van der Waals surface area (Å²) in [6, 6.07) is 15.1. The molecule has 1 saturated carbocycles. The lowest BCUT2D eigenvalue weighted by Crippen LogP contribution is -2.37. The molecule has 2 aromatic rings. The third kappa shape index (κ3) is 3.42. The fraction of sp³-hybridized carbons (Fsp3) is 0.389. The Labute approximate surface area is 137 Å². The van der Waals surface area contributed by atoms with Crippen molar-refractivity contribution in [3.05, 3.63) is 48.0 Å². The van der Waals surface area contributed by atoms with Crippen LogP contribution in [0.3, 0.4) is 0 Å². The molecule has 1 aliphatic carbocycles. The van der Waals surface area contributed by atoms with Crippen LogP contribution in [-0.2, 0) is 4.79 Å². The van der Waals surface area contributed by atoms with E-state index < -0.39 is 0 Å². The standard InChI is InChI=1S/C18H22N2O.ClH/c1-12(19-2)11-20-18(21)17-10-16(17)15-9-5-7-13-6-3-4-8-14(13)15;/h3-9,12,16-17,19H,10-11H2,1-2H3,(H,20,21);1H. The van der Waals surface area contributed by atoms with E-state index in [2.05, 4.69) is 60.0 Å². The third-order valence-corrected chi connectivity index (χ3v) is 4.43. The number of carbonyl (C=O) groups excluding carboxylic acids is 1.